The van der Waals surface area contributed by atoms with Crippen LogP contribution in [-0.2, 0) is 4.74 Å². The molecule has 1 unspecified atom stereocenters. The van der Waals surface area contributed by atoms with Gasteiger partial charge in [-0.25, -0.2) is 9.97 Å². The van der Waals surface area contributed by atoms with Crippen molar-refractivity contribution in [2.24, 2.45) is 0 Å². The van der Waals surface area contributed by atoms with Crippen LogP contribution in [0.15, 0.2) is 12.4 Å². The first-order chi connectivity index (χ1) is 8.35. The summed E-state index contributed by atoms with van der Waals surface area (Å²) in [6, 6.07) is 2.44. The number of hydrogen-bond donors (Lipinski definition) is 1. The topological polar surface area (TPSA) is 50.3 Å². The smallest absolute Gasteiger partial charge is 0.134 e. The van der Waals surface area contributed by atoms with Crippen LogP contribution in [0.4, 0.5) is 11.6 Å². The molecular weight excluding hydrogens is 216 g/mol. The van der Waals surface area contributed by atoms with Gasteiger partial charge in [-0.3, -0.25) is 0 Å². The third kappa shape index (κ3) is 2.85. The highest BCUT2D eigenvalue weighted by atomic mass is 16.5. The molecule has 0 bridgehead atoms. The van der Waals surface area contributed by atoms with Gasteiger partial charge in [0.1, 0.15) is 18.0 Å². The van der Waals surface area contributed by atoms with Crippen LogP contribution in [0.3, 0.4) is 0 Å². The molecule has 1 saturated heterocycles. The third-order valence-electron chi connectivity index (χ3n) is 3.00. The monoisotopic (exact) mass is 236 g/mol. The Morgan fingerprint density at radius 3 is 3.12 bits per heavy atom. The summed E-state index contributed by atoms with van der Waals surface area (Å²) in [7, 11) is 0. The van der Waals surface area contributed by atoms with Gasteiger partial charge in [0.15, 0.2) is 0 Å². The Labute approximate surface area is 102 Å². The van der Waals surface area contributed by atoms with Crippen molar-refractivity contribution in [3.63, 3.8) is 0 Å². The average molecular weight is 236 g/mol. The lowest BCUT2D eigenvalue weighted by Gasteiger charge is -2.36. The van der Waals surface area contributed by atoms with Crippen molar-refractivity contribution in [2.45, 2.75) is 26.3 Å². The summed E-state index contributed by atoms with van der Waals surface area (Å²) in [6.07, 6.45) is 2.69. The number of aromatic nitrogens is 2. The quantitative estimate of drug-likeness (QED) is 0.859. The molecule has 0 aromatic carbocycles. The van der Waals surface area contributed by atoms with Crippen LogP contribution in [-0.4, -0.2) is 42.3 Å². The van der Waals surface area contributed by atoms with Crippen molar-refractivity contribution in [3.8, 4) is 0 Å². The molecule has 1 aromatic heterocycles. The van der Waals surface area contributed by atoms with Crippen molar-refractivity contribution in [1.29, 1.82) is 0 Å². The Morgan fingerprint density at radius 1 is 1.47 bits per heavy atom. The van der Waals surface area contributed by atoms with E-state index in [2.05, 4.69) is 34.0 Å². The number of rotatable bonds is 4. The molecule has 2 heterocycles. The molecule has 2 rings (SSSR count). The second-order valence-electron chi connectivity index (χ2n) is 4.12. The summed E-state index contributed by atoms with van der Waals surface area (Å²) in [4.78, 5) is 10.9. The number of morpholine rings is 1. The van der Waals surface area contributed by atoms with Gasteiger partial charge in [0.25, 0.3) is 0 Å². The zero-order valence-electron chi connectivity index (χ0n) is 10.5. The van der Waals surface area contributed by atoms with Gasteiger partial charge in [-0.2, -0.15) is 0 Å². The first-order valence-corrected chi connectivity index (χ1v) is 6.25. The maximum absolute atomic E-state index is 5.50. The highest BCUT2D eigenvalue weighted by Crippen LogP contribution is 2.20. The molecule has 1 N–H and O–H groups in total. The molecule has 1 aliphatic rings. The largest absolute Gasteiger partial charge is 0.377 e. The molecule has 1 atom stereocenters. The van der Waals surface area contributed by atoms with Crippen LogP contribution in [0.5, 0.6) is 0 Å². The van der Waals surface area contributed by atoms with Crippen LogP contribution in [0.2, 0.25) is 0 Å². The van der Waals surface area contributed by atoms with E-state index >= 15 is 0 Å². The fourth-order valence-electron chi connectivity index (χ4n) is 2.08. The van der Waals surface area contributed by atoms with Gasteiger partial charge >= 0.3 is 0 Å². The van der Waals surface area contributed by atoms with Crippen LogP contribution >= 0.6 is 0 Å². The van der Waals surface area contributed by atoms with E-state index in [1.54, 1.807) is 6.33 Å². The lowest BCUT2D eigenvalue weighted by Crippen LogP contribution is -2.45. The van der Waals surface area contributed by atoms with Crippen LogP contribution < -0.4 is 10.2 Å². The molecule has 0 spiro atoms. The summed E-state index contributed by atoms with van der Waals surface area (Å²) < 4.78 is 5.50. The lowest BCUT2D eigenvalue weighted by atomic mass is 10.2. The standard InChI is InChI=1S/C12H20N4O/c1-3-10-8-17-6-5-16(10)12-7-11(13-4-2)14-9-15-12/h7,9-10H,3-6,8H2,1-2H3,(H,13,14,15). The number of anilines is 2. The van der Waals surface area contributed by atoms with E-state index in [4.69, 9.17) is 4.74 Å². The van der Waals surface area contributed by atoms with Gasteiger partial charge < -0.3 is 15.0 Å². The minimum Gasteiger partial charge on any atom is -0.377 e. The molecule has 1 aliphatic heterocycles. The predicted octanol–water partition coefficient (Wildman–Crippen LogP) is 1.52. The summed E-state index contributed by atoms with van der Waals surface area (Å²) >= 11 is 0. The molecule has 0 saturated carbocycles. The Hall–Kier alpha value is -1.36. The van der Waals surface area contributed by atoms with E-state index in [0.29, 0.717) is 6.04 Å². The summed E-state index contributed by atoms with van der Waals surface area (Å²) in [5.41, 5.74) is 0. The molecular formula is C12H20N4O. The number of nitrogens with one attached hydrogen (secondary N) is 1. The average Bonchev–Trinajstić information content (AvgIpc) is 2.39. The fourth-order valence-corrected chi connectivity index (χ4v) is 2.08. The van der Waals surface area contributed by atoms with Gasteiger partial charge in [0.2, 0.25) is 0 Å². The van der Waals surface area contributed by atoms with E-state index in [0.717, 1.165) is 44.4 Å². The van der Waals surface area contributed by atoms with Crippen molar-refractivity contribution >= 4 is 11.6 Å². The molecule has 17 heavy (non-hydrogen) atoms. The summed E-state index contributed by atoms with van der Waals surface area (Å²) in [5, 5.41) is 3.21. The predicted molar refractivity (Wildman–Crippen MR) is 68.4 cm³/mol. The highest BCUT2D eigenvalue weighted by Gasteiger charge is 2.22. The SMILES string of the molecule is CCNc1cc(N2CCOCC2CC)ncn1. The number of ether oxygens (including phenoxy) is 1. The third-order valence-corrected chi connectivity index (χ3v) is 3.00. The zero-order valence-corrected chi connectivity index (χ0v) is 10.5. The zero-order chi connectivity index (χ0) is 12.1. The molecule has 1 fully saturated rings. The molecule has 5 nitrogen and oxygen atoms in total. The number of nitrogens with zero attached hydrogens (tertiary/aromatic N) is 3. The van der Waals surface area contributed by atoms with Gasteiger partial charge in [0.05, 0.1) is 19.3 Å². The van der Waals surface area contributed by atoms with E-state index in [1.807, 2.05) is 6.07 Å². The summed E-state index contributed by atoms with van der Waals surface area (Å²) in [6.45, 7) is 7.58. The first kappa shape index (κ1) is 12.1. The minimum atomic E-state index is 0.424. The lowest BCUT2D eigenvalue weighted by molar-refractivity contribution is 0.0925. The van der Waals surface area contributed by atoms with Crippen molar-refractivity contribution in [1.82, 2.24) is 9.97 Å². The normalized spacial score (nSPS) is 20.4. The number of hydrogen-bond acceptors (Lipinski definition) is 5. The van der Waals surface area contributed by atoms with Crippen LogP contribution in [0, 0.1) is 0 Å². The molecule has 1 aromatic rings. The van der Waals surface area contributed by atoms with E-state index in [-0.39, 0.29) is 0 Å². The second kappa shape index (κ2) is 5.82. The Balaban J connectivity index is 2.16. The van der Waals surface area contributed by atoms with Crippen molar-refractivity contribution in [2.75, 3.05) is 36.5 Å². The van der Waals surface area contributed by atoms with Crippen molar-refractivity contribution < 1.29 is 4.74 Å². The Morgan fingerprint density at radius 2 is 2.35 bits per heavy atom. The van der Waals surface area contributed by atoms with Crippen LogP contribution in [0.1, 0.15) is 20.3 Å². The molecule has 5 heteroatoms. The van der Waals surface area contributed by atoms with Crippen LogP contribution in [0.25, 0.3) is 0 Å². The van der Waals surface area contributed by atoms with Gasteiger partial charge in [-0.1, -0.05) is 6.92 Å². The Bertz CT molecular complexity index is 358. The molecule has 0 radical (unpaired) electrons. The second-order valence-corrected chi connectivity index (χ2v) is 4.12. The molecule has 0 amide bonds. The summed E-state index contributed by atoms with van der Waals surface area (Å²) in [5.74, 6) is 1.88. The minimum absolute atomic E-state index is 0.424. The van der Waals surface area contributed by atoms with Gasteiger partial charge in [-0.15, -0.1) is 0 Å². The van der Waals surface area contributed by atoms with Gasteiger partial charge in [0, 0.05) is 19.2 Å². The fraction of sp³-hybridized carbons (Fsp3) is 0.667. The van der Waals surface area contributed by atoms with E-state index < -0.39 is 0 Å². The maximum Gasteiger partial charge on any atom is 0.134 e. The van der Waals surface area contributed by atoms with Gasteiger partial charge in [-0.05, 0) is 13.3 Å². The first-order valence-electron chi connectivity index (χ1n) is 6.25. The maximum atomic E-state index is 5.50. The van der Waals surface area contributed by atoms with E-state index in [1.165, 1.54) is 0 Å². The molecule has 94 valence electrons. The Kier molecular flexibility index (Phi) is 4.14. The highest BCUT2D eigenvalue weighted by molar-refractivity contribution is 5.49. The van der Waals surface area contributed by atoms with E-state index in [9.17, 15) is 0 Å². The van der Waals surface area contributed by atoms with Crippen molar-refractivity contribution in [3.05, 3.63) is 12.4 Å². The molecule has 0 aliphatic carbocycles.